The molecule has 0 aromatic rings. The lowest BCUT2D eigenvalue weighted by atomic mass is 10.2. The molecule has 0 saturated heterocycles. The second kappa shape index (κ2) is 7.15. The van der Waals surface area contributed by atoms with E-state index in [1.54, 1.807) is 6.92 Å². The van der Waals surface area contributed by atoms with Gasteiger partial charge in [0.2, 0.25) is 0 Å². The Morgan fingerprint density at radius 3 is 2.25 bits per heavy atom. The number of aliphatic hydroxyl groups excluding tert-OH is 3. The van der Waals surface area contributed by atoms with Crippen molar-refractivity contribution in [1.29, 1.82) is 0 Å². The molecular weight excluding hydrogens is 238 g/mol. The maximum Gasteiger partial charge on any atom is 0.120 e. The first-order valence-corrected chi connectivity index (χ1v) is 6.52. The number of rotatable bonds is 8. The Labute approximate surface area is 95.1 Å². The van der Waals surface area contributed by atoms with E-state index in [0.29, 0.717) is 6.42 Å². The highest BCUT2D eigenvalue weighted by Gasteiger charge is 2.24. The van der Waals surface area contributed by atoms with Gasteiger partial charge >= 0.3 is 0 Å². The highest BCUT2D eigenvalue weighted by molar-refractivity contribution is 7.85. The van der Waals surface area contributed by atoms with Crippen LogP contribution in [-0.2, 0) is 10.1 Å². The molecule has 2 unspecified atom stereocenters. The van der Waals surface area contributed by atoms with E-state index in [2.05, 4.69) is 0 Å². The molecule has 0 saturated carbocycles. The van der Waals surface area contributed by atoms with Crippen LogP contribution in [0.15, 0.2) is 0 Å². The summed E-state index contributed by atoms with van der Waals surface area (Å²) in [6.07, 6.45) is -1.04. The van der Waals surface area contributed by atoms with Crippen LogP contribution in [-0.4, -0.2) is 71.0 Å². The second-order valence-corrected chi connectivity index (χ2v) is 4.86. The lowest BCUT2D eigenvalue weighted by Crippen LogP contribution is -2.49. The van der Waals surface area contributed by atoms with Crippen molar-refractivity contribution in [2.75, 3.05) is 25.5 Å². The summed E-state index contributed by atoms with van der Waals surface area (Å²) in [5.41, 5.74) is 0. The van der Waals surface area contributed by atoms with Crippen LogP contribution >= 0.6 is 0 Å². The summed E-state index contributed by atoms with van der Waals surface area (Å²) < 4.78 is 31.4. The monoisotopic (exact) mass is 256 g/mol. The summed E-state index contributed by atoms with van der Waals surface area (Å²) in [6, 6.07) is -0.483. The average Bonchev–Trinajstić information content (AvgIpc) is 2.15. The lowest BCUT2D eigenvalue weighted by molar-refractivity contribution is -0.0349. The van der Waals surface area contributed by atoms with Gasteiger partial charge in [-0.05, 0) is 6.42 Å². The van der Waals surface area contributed by atoms with Crippen LogP contribution in [0.3, 0.4) is 0 Å². The predicted molar refractivity (Wildman–Crippen MR) is 55.5 cm³/mol. The maximum atomic E-state index is 10.5. The van der Waals surface area contributed by atoms with Gasteiger partial charge in [-0.1, -0.05) is 6.92 Å². The average molecular weight is 256 g/mol. The number of hydrogen-bond donors (Lipinski definition) is 3. The van der Waals surface area contributed by atoms with Crippen molar-refractivity contribution in [3.63, 3.8) is 0 Å². The molecule has 3 N–H and O–H groups in total. The smallest absolute Gasteiger partial charge is 0.120 e. The third kappa shape index (κ3) is 5.73. The van der Waals surface area contributed by atoms with Gasteiger partial charge in [0.1, 0.15) is 6.23 Å². The standard InChI is InChI=1S/C8H19NO6S/c1-2-7(5-11)9(3-4-10)8(12)6-16(13,14)15/h7-8,10-12H,2-6H2,1H3,(H,13,14,15)/p-1. The molecule has 0 radical (unpaired) electrons. The molecule has 0 aromatic heterocycles. The van der Waals surface area contributed by atoms with Gasteiger partial charge in [0.15, 0.2) is 0 Å². The maximum absolute atomic E-state index is 10.5. The molecule has 0 fully saturated rings. The van der Waals surface area contributed by atoms with Gasteiger partial charge in [0.25, 0.3) is 0 Å². The minimum Gasteiger partial charge on any atom is -0.748 e. The van der Waals surface area contributed by atoms with Crippen molar-refractivity contribution in [3.05, 3.63) is 0 Å². The van der Waals surface area contributed by atoms with Crippen LogP contribution in [0.1, 0.15) is 13.3 Å². The van der Waals surface area contributed by atoms with Gasteiger partial charge in [0, 0.05) is 12.6 Å². The summed E-state index contributed by atoms with van der Waals surface area (Å²) in [7, 11) is -4.54. The van der Waals surface area contributed by atoms with Crippen molar-refractivity contribution in [2.24, 2.45) is 0 Å². The molecule has 0 aliphatic heterocycles. The van der Waals surface area contributed by atoms with Gasteiger partial charge in [-0.3, -0.25) is 4.90 Å². The molecule has 8 heteroatoms. The third-order valence-electron chi connectivity index (χ3n) is 2.25. The largest absolute Gasteiger partial charge is 0.748 e. The van der Waals surface area contributed by atoms with E-state index in [1.165, 1.54) is 4.90 Å². The van der Waals surface area contributed by atoms with Crippen LogP contribution in [0.2, 0.25) is 0 Å². The van der Waals surface area contributed by atoms with E-state index in [-0.39, 0.29) is 19.8 Å². The van der Waals surface area contributed by atoms with E-state index < -0.39 is 28.1 Å². The summed E-state index contributed by atoms with van der Waals surface area (Å²) in [5, 5.41) is 27.3. The fourth-order valence-corrected chi connectivity index (χ4v) is 1.99. The summed E-state index contributed by atoms with van der Waals surface area (Å²) >= 11 is 0. The minimum atomic E-state index is -4.54. The summed E-state index contributed by atoms with van der Waals surface area (Å²) in [6.45, 7) is 1.15. The summed E-state index contributed by atoms with van der Waals surface area (Å²) in [4.78, 5) is 1.20. The van der Waals surface area contributed by atoms with Crippen LogP contribution < -0.4 is 0 Å². The Morgan fingerprint density at radius 2 is 1.94 bits per heavy atom. The molecule has 0 aliphatic carbocycles. The summed E-state index contributed by atoms with van der Waals surface area (Å²) in [5.74, 6) is -0.955. The van der Waals surface area contributed by atoms with Crippen LogP contribution in [0, 0.1) is 0 Å². The van der Waals surface area contributed by atoms with Gasteiger partial charge in [0.05, 0.1) is 29.1 Å². The SMILES string of the molecule is CCC(CO)N(CCO)C(O)CS(=O)(=O)[O-]. The third-order valence-corrected chi connectivity index (χ3v) is 2.95. The van der Waals surface area contributed by atoms with Crippen molar-refractivity contribution in [2.45, 2.75) is 25.6 Å². The Balaban J connectivity index is 4.62. The molecular formula is C8H18NO6S-. The molecule has 0 rings (SSSR count). The fraction of sp³-hybridized carbons (Fsp3) is 1.00. The van der Waals surface area contributed by atoms with Crippen LogP contribution in [0.25, 0.3) is 0 Å². The molecule has 7 nitrogen and oxygen atoms in total. The number of hydrogen-bond acceptors (Lipinski definition) is 7. The Hall–Kier alpha value is -0.250. The molecule has 0 amide bonds. The van der Waals surface area contributed by atoms with Crippen molar-refractivity contribution < 1.29 is 28.3 Å². The molecule has 0 spiro atoms. The molecule has 16 heavy (non-hydrogen) atoms. The second-order valence-electron chi connectivity index (χ2n) is 3.41. The Kier molecular flexibility index (Phi) is 7.04. The molecule has 0 heterocycles. The van der Waals surface area contributed by atoms with Crippen molar-refractivity contribution in [3.8, 4) is 0 Å². The van der Waals surface area contributed by atoms with Crippen molar-refractivity contribution in [1.82, 2.24) is 4.90 Å². The normalized spacial score (nSPS) is 16.4. The zero-order chi connectivity index (χ0) is 12.8. The highest BCUT2D eigenvalue weighted by atomic mass is 32.2. The lowest BCUT2D eigenvalue weighted by Gasteiger charge is -2.33. The van der Waals surface area contributed by atoms with Gasteiger partial charge in [-0.25, -0.2) is 8.42 Å². The highest BCUT2D eigenvalue weighted by Crippen LogP contribution is 2.08. The number of nitrogens with zero attached hydrogens (tertiary/aromatic N) is 1. The Bertz CT molecular complexity index is 276. The van der Waals surface area contributed by atoms with E-state index in [9.17, 15) is 18.1 Å². The predicted octanol–water partition coefficient (Wildman–Crippen LogP) is -2.08. The molecule has 0 aliphatic rings. The molecule has 98 valence electrons. The quantitative estimate of drug-likeness (QED) is 0.336. The van der Waals surface area contributed by atoms with E-state index in [0.717, 1.165) is 0 Å². The minimum absolute atomic E-state index is 0.00421. The fourth-order valence-electron chi connectivity index (χ4n) is 1.44. The van der Waals surface area contributed by atoms with E-state index in [1.807, 2.05) is 0 Å². The van der Waals surface area contributed by atoms with Crippen molar-refractivity contribution >= 4 is 10.1 Å². The zero-order valence-corrected chi connectivity index (χ0v) is 9.93. The molecule has 2 atom stereocenters. The Morgan fingerprint density at radius 1 is 1.38 bits per heavy atom. The van der Waals surface area contributed by atoms with E-state index in [4.69, 9.17) is 10.2 Å². The van der Waals surface area contributed by atoms with Gasteiger partial charge < -0.3 is 19.9 Å². The van der Waals surface area contributed by atoms with Gasteiger partial charge in [-0.2, -0.15) is 0 Å². The van der Waals surface area contributed by atoms with E-state index >= 15 is 0 Å². The zero-order valence-electron chi connectivity index (χ0n) is 9.11. The van der Waals surface area contributed by atoms with Crippen LogP contribution in [0.5, 0.6) is 0 Å². The molecule has 0 aromatic carbocycles. The first-order valence-electron chi connectivity index (χ1n) is 4.94. The van der Waals surface area contributed by atoms with Crippen LogP contribution in [0.4, 0.5) is 0 Å². The van der Waals surface area contributed by atoms with Gasteiger partial charge in [-0.15, -0.1) is 0 Å². The number of aliphatic hydroxyl groups is 3. The topological polar surface area (TPSA) is 121 Å². The first-order chi connectivity index (χ1) is 7.35. The first kappa shape index (κ1) is 15.8. The molecule has 0 bridgehead atoms.